The number of anilines is 1. The molecule has 0 saturated carbocycles. The molecular weight excluding hydrogens is 332 g/mol. The first kappa shape index (κ1) is 16.4. The maximum absolute atomic E-state index is 10.8. The predicted octanol–water partition coefficient (Wildman–Crippen LogP) is 3.80. The van der Waals surface area contributed by atoms with Crippen molar-refractivity contribution < 1.29 is 9.66 Å². The molecule has 26 heavy (non-hydrogen) atoms. The van der Waals surface area contributed by atoms with Crippen molar-refractivity contribution in [3.8, 4) is 11.4 Å². The summed E-state index contributed by atoms with van der Waals surface area (Å²) >= 11 is 0. The quantitative estimate of drug-likeness (QED) is 0.556. The molecule has 0 aliphatic carbocycles. The fourth-order valence-electron chi connectivity index (χ4n) is 3.09. The largest absolute Gasteiger partial charge is 0.376 e. The SMILES string of the molecule is O=[N+]([O-])c1ccc(-c2nc(NC[C@H]3CCCO3)c3ccccc3n2)cc1. The Morgan fingerprint density at radius 3 is 2.69 bits per heavy atom. The minimum absolute atomic E-state index is 0.0475. The molecule has 0 amide bonds. The van der Waals surface area contributed by atoms with Crippen LogP contribution in [0.25, 0.3) is 22.3 Å². The van der Waals surface area contributed by atoms with E-state index in [2.05, 4.69) is 15.3 Å². The van der Waals surface area contributed by atoms with Crippen LogP contribution in [-0.4, -0.2) is 34.1 Å². The van der Waals surface area contributed by atoms with Crippen molar-refractivity contribution in [1.82, 2.24) is 9.97 Å². The predicted molar refractivity (Wildman–Crippen MR) is 99.1 cm³/mol. The van der Waals surface area contributed by atoms with Crippen LogP contribution < -0.4 is 5.32 Å². The van der Waals surface area contributed by atoms with Crippen LogP contribution in [0.3, 0.4) is 0 Å². The Morgan fingerprint density at radius 1 is 1.15 bits per heavy atom. The Balaban J connectivity index is 1.69. The van der Waals surface area contributed by atoms with Crippen LogP contribution in [0.15, 0.2) is 48.5 Å². The first-order valence-corrected chi connectivity index (χ1v) is 8.58. The number of para-hydroxylation sites is 1. The average Bonchev–Trinajstić information content (AvgIpc) is 3.19. The van der Waals surface area contributed by atoms with Gasteiger partial charge in [-0.2, -0.15) is 0 Å². The lowest BCUT2D eigenvalue weighted by molar-refractivity contribution is -0.384. The minimum Gasteiger partial charge on any atom is -0.376 e. The summed E-state index contributed by atoms with van der Waals surface area (Å²) in [5.41, 5.74) is 1.61. The Bertz CT molecular complexity index is 937. The second-order valence-electron chi connectivity index (χ2n) is 6.23. The van der Waals surface area contributed by atoms with Crippen molar-refractivity contribution in [1.29, 1.82) is 0 Å². The fraction of sp³-hybridized carbons (Fsp3) is 0.263. The summed E-state index contributed by atoms with van der Waals surface area (Å²) in [6.45, 7) is 1.51. The standard InChI is InChI=1S/C19H18N4O3/c24-23(25)14-9-7-13(8-10-14)18-21-17-6-2-1-5-16(17)19(22-18)20-12-15-4-3-11-26-15/h1-2,5-10,15H,3-4,11-12H2,(H,20,21,22)/t15-/m1/s1. The van der Waals surface area contributed by atoms with E-state index in [4.69, 9.17) is 4.74 Å². The van der Waals surface area contributed by atoms with E-state index < -0.39 is 4.92 Å². The molecule has 132 valence electrons. The van der Waals surface area contributed by atoms with Crippen LogP contribution in [0.4, 0.5) is 11.5 Å². The molecule has 1 atom stereocenters. The van der Waals surface area contributed by atoms with Crippen molar-refractivity contribution in [2.24, 2.45) is 0 Å². The second-order valence-corrected chi connectivity index (χ2v) is 6.23. The van der Waals surface area contributed by atoms with Gasteiger partial charge in [0.25, 0.3) is 5.69 Å². The number of nitro groups is 1. The molecule has 0 spiro atoms. The number of rotatable bonds is 5. The fourth-order valence-corrected chi connectivity index (χ4v) is 3.09. The molecular formula is C19H18N4O3. The molecule has 3 aromatic rings. The number of benzene rings is 2. The molecule has 2 heterocycles. The van der Waals surface area contributed by atoms with Crippen molar-refractivity contribution in [3.63, 3.8) is 0 Å². The van der Waals surface area contributed by atoms with E-state index in [1.807, 2.05) is 24.3 Å². The van der Waals surface area contributed by atoms with Gasteiger partial charge in [0.15, 0.2) is 5.82 Å². The maximum atomic E-state index is 10.8. The molecule has 7 heteroatoms. The van der Waals surface area contributed by atoms with Gasteiger partial charge in [-0.15, -0.1) is 0 Å². The highest BCUT2D eigenvalue weighted by Gasteiger charge is 2.17. The van der Waals surface area contributed by atoms with Crippen LogP contribution in [0.2, 0.25) is 0 Å². The lowest BCUT2D eigenvalue weighted by Crippen LogP contribution is -2.19. The number of hydrogen-bond acceptors (Lipinski definition) is 6. The molecule has 7 nitrogen and oxygen atoms in total. The summed E-state index contributed by atoms with van der Waals surface area (Å²) in [6, 6.07) is 14.1. The highest BCUT2D eigenvalue weighted by Crippen LogP contribution is 2.26. The van der Waals surface area contributed by atoms with Crippen LogP contribution in [0.1, 0.15) is 12.8 Å². The minimum atomic E-state index is -0.417. The maximum Gasteiger partial charge on any atom is 0.269 e. The molecule has 4 rings (SSSR count). The lowest BCUT2D eigenvalue weighted by atomic mass is 10.1. The highest BCUT2D eigenvalue weighted by molar-refractivity contribution is 5.90. The third-order valence-corrected chi connectivity index (χ3v) is 4.46. The van der Waals surface area contributed by atoms with E-state index in [9.17, 15) is 10.1 Å². The van der Waals surface area contributed by atoms with Gasteiger partial charge in [0, 0.05) is 36.2 Å². The van der Waals surface area contributed by atoms with Crippen molar-refractivity contribution in [3.05, 3.63) is 58.6 Å². The van der Waals surface area contributed by atoms with Gasteiger partial charge < -0.3 is 10.1 Å². The summed E-state index contributed by atoms with van der Waals surface area (Å²) in [7, 11) is 0. The number of aromatic nitrogens is 2. The van der Waals surface area contributed by atoms with E-state index in [1.165, 1.54) is 12.1 Å². The summed E-state index contributed by atoms with van der Waals surface area (Å²) in [5.74, 6) is 1.29. The average molecular weight is 350 g/mol. The topological polar surface area (TPSA) is 90.2 Å². The zero-order valence-electron chi connectivity index (χ0n) is 14.1. The summed E-state index contributed by atoms with van der Waals surface area (Å²) in [5, 5.41) is 15.2. The number of nitrogens with zero attached hydrogens (tertiary/aromatic N) is 3. The molecule has 0 bridgehead atoms. The molecule has 1 aliphatic rings. The third kappa shape index (κ3) is 3.34. The number of nitro benzene ring substituents is 1. The van der Waals surface area contributed by atoms with E-state index in [1.54, 1.807) is 12.1 Å². The van der Waals surface area contributed by atoms with Crippen LogP contribution in [0.5, 0.6) is 0 Å². The molecule has 0 unspecified atom stereocenters. The molecule has 0 radical (unpaired) electrons. The first-order valence-electron chi connectivity index (χ1n) is 8.58. The first-order chi connectivity index (χ1) is 12.7. The van der Waals surface area contributed by atoms with Gasteiger partial charge in [-0.1, -0.05) is 12.1 Å². The second kappa shape index (κ2) is 7.05. The van der Waals surface area contributed by atoms with Gasteiger partial charge in [0.1, 0.15) is 5.82 Å². The number of ether oxygens (including phenoxy) is 1. The number of fused-ring (bicyclic) bond motifs is 1. The summed E-state index contributed by atoms with van der Waals surface area (Å²) in [4.78, 5) is 19.7. The molecule has 2 aromatic carbocycles. The Morgan fingerprint density at radius 2 is 1.96 bits per heavy atom. The Labute approximate surface area is 150 Å². The van der Waals surface area contributed by atoms with E-state index in [0.717, 1.165) is 41.7 Å². The zero-order valence-corrected chi connectivity index (χ0v) is 14.1. The Kier molecular flexibility index (Phi) is 4.45. The van der Waals surface area contributed by atoms with E-state index >= 15 is 0 Å². The van der Waals surface area contributed by atoms with Crippen LogP contribution in [0, 0.1) is 10.1 Å². The van der Waals surface area contributed by atoms with Crippen LogP contribution in [-0.2, 0) is 4.74 Å². The van der Waals surface area contributed by atoms with Gasteiger partial charge in [0.2, 0.25) is 0 Å². The highest BCUT2D eigenvalue weighted by atomic mass is 16.6. The lowest BCUT2D eigenvalue weighted by Gasteiger charge is -2.14. The van der Waals surface area contributed by atoms with Crippen molar-refractivity contribution in [2.45, 2.75) is 18.9 Å². The van der Waals surface area contributed by atoms with Crippen molar-refractivity contribution in [2.75, 3.05) is 18.5 Å². The van der Waals surface area contributed by atoms with Crippen molar-refractivity contribution >= 4 is 22.4 Å². The third-order valence-electron chi connectivity index (χ3n) is 4.46. The van der Waals surface area contributed by atoms with E-state index in [-0.39, 0.29) is 11.8 Å². The van der Waals surface area contributed by atoms with Gasteiger partial charge in [-0.25, -0.2) is 9.97 Å². The Hall–Kier alpha value is -3.06. The monoisotopic (exact) mass is 350 g/mol. The van der Waals surface area contributed by atoms with E-state index in [0.29, 0.717) is 12.4 Å². The molecule has 1 aromatic heterocycles. The number of hydrogen-bond donors (Lipinski definition) is 1. The summed E-state index contributed by atoms with van der Waals surface area (Å²) < 4.78 is 5.67. The number of nitrogens with one attached hydrogen (secondary N) is 1. The molecule has 1 fully saturated rings. The van der Waals surface area contributed by atoms with Crippen LogP contribution >= 0.6 is 0 Å². The molecule has 1 saturated heterocycles. The van der Waals surface area contributed by atoms with Gasteiger partial charge in [0.05, 0.1) is 16.5 Å². The molecule has 1 aliphatic heterocycles. The summed E-state index contributed by atoms with van der Waals surface area (Å²) in [6.07, 6.45) is 2.34. The van der Waals surface area contributed by atoms with Gasteiger partial charge >= 0.3 is 0 Å². The van der Waals surface area contributed by atoms with Gasteiger partial charge in [-0.3, -0.25) is 10.1 Å². The number of non-ortho nitro benzene ring substituents is 1. The normalized spacial score (nSPS) is 16.7. The smallest absolute Gasteiger partial charge is 0.269 e. The molecule has 1 N–H and O–H groups in total. The van der Waals surface area contributed by atoms with Gasteiger partial charge in [-0.05, 0) is 37.1 Å². The zero-order chi connectivity index (χ0) is 17.9.